The van der Waals surface area contributed by atoms with Gasteiger partial charge in [-0.2, -0.15) is 0 Å². The van der Waals surface area contributed by atoms with E-state index in [4.69, 9.17) is 9.05 Å². The first-order chi connectivity index (χ1) is 45.0. The van der Waals surface area contributed by atoms with Crippen LogP contribution in [0.1, 0.15) is 476 Å². The minimum atomic E-state index is -4.58. The fourth-order valence-corrected chi connectivity index (χ4v) is 14.5. The van der Waals surface area contributed by atoms with Crippen LogP contribution in [-0.2, 0) is 18.4 Å². The molecule has 9 heteroatoms. The largest absolute Gasteiger partial charge is 0.756 e. The van der Waals surface area contributed by atoms with E-state index in [1.165, 1.54) is 411 Å². The smallest absolute Gasteiger partial charge is 0.268 e. The maximum Gasteiger partial charge on any atom is 0.268 e. The van der Waals surface area contributed by atoms with Crippen molar-refractivity contribution in [2.24, 2.45) is 0 Å². The van der Waals surface area contributed by atoms with Crippen LogP contribution in [0.2, 0.25) is 0 Å². The number of hydrogen-bond donors (Lipinski definition) is 2. The van der Waals surface area contributed by atoms with Crippen LogP contribution in [0.3, 0.4) is 0 Å². The first-order valence-corrected chi connectivity index (χ1v) is 43.8. The zero-order chi connectivity index (χ0) is 66.9. The zero-order valence-corrected chi connectivity index (χ0v) is 64.5. The van der Waals surface area contributed by atoms with Crippen LogP contribution >= 0.6 is 7.82 Å². The molecule has 0 aliphatic carbocycles. The highest BCUT2D eigenvalue weighted by atomic mass is 31.2. The van der Waals surface area contributed by atoms with Gasteiger partial charge in [0.15, 0.2) is 0 Å². The number of unbranched alkanes of at least 4 members (excludes halogenated alkanes) is 68. The van der Waals surface area contributed by atoms with E-state index in [1.54, 1.807) is 0 Å². The first-order valence-electron chi connectivity index (χ1n) is 42.4. The average Bonchev–Trinajstić information content (AvgIpc) is 3.33. The number of aliphatic hydroxyl groups excluding tert-OH is 1. The second-order valence-electron chi connectivity index (χ2n) is 30.9. The molecule has 3 atom stereocenters. The molecule has 0 aromatic rings. The van der Waals surface area contributed by atoms with Crippen molar-refractivity contribution < 1.29 is 32.9 Å². The molecule has 0 saturated carbocycles. The van der Waals surface area contributed by atoms with Gasteiger partial charge in [0.25, 0.3) is 7.82 Å². The van der Waals surface area contributed by atoms with Gasteiger partial charge < -0.3 is 28.8 Å². The quantitative estimate of drug-likeness (QED) is 0.0357. The second-order valence-corrected chi connectivity index (χ2v) is 32.3. The van der Waals surface area contributed by atoms with Gasteiger partial charge in [-0.25, -0.2) is 0 Å². The molecule has 552 valence electrons. The van der Waals surface area contributed by atoms with Crippen molar-refractivity contribution in [1.29, 1.82) is 0 Å². The number of amides is 1. The Labute approximate surface area is 578 Å². The molecular weight excluding hydrogens is 1150 g/mol. The number of phosphoric acid groups is 1. The van der Waals surface area contributed by atoms with E-state index in [0.717, 1.165) is 38.5 Å². The lowest BCUT2D eigenvalue weighted by molar-refractivity contribution is -0.870. The van der Waals surface area contributed by atoms with Gasteiger partial charge in [0.2, 0.25) is 5.91 Å². The predicted molar refractivity (Wildman–Crippen MR) is 404 cm³/mol. The summed E-state index contributed by atoms with van der Waals surface area (Å²) in [6.45, 7) is 4.82. The number of phosphoric ester groups is 1. The fraction of sp³-hybridized carbons (Fsp3) is 0.988. The van der Waals surface area contributed by atoms with Gasteiger partial charge in [0, 0.05) is 6.42 Å². The SMILES string of the molecule is CCCCCCCCCCCCCCCCCCCCCCCCCCCCCCCCCCCCCCCCCCC(=O)NC(COP(=O)([O-])OCC[N+](C)(C)C)C(O)CCCCCCCCCCCCCCCCCCCCCCCCCCCCCCCC. The Morgan fingerprint density at radius 1 is 0.337 bits per heavy atom. The Kier molecular flexibility index (Phi) is 74.3. The lowest BCUT2D eigenvalue weighted by Gasteiger charge is -2.30. The lowest BCUT2D eigenvalue weighted by Crippen LogP contribution is -2.46. The molecule has 0 saturated heterocycles. The van der Waals surface area contributed by atoms with E-state index in [1.807, 2.05) is 21.1 Å². The van der Waals surface area contributed by atoms with Crippen molar-refractivity contribution in [2.75, 3.05) is 40.9 Å². The molecule has 0 bridgehead atoms. The molecule has 0 fully saturated rings. The fourth-order valence-electron chi connectivity index (χ4n) is 13.8. The third-order valence-electron chi connectivity index (χ3n) is 20.3. The van der Waals surface area contributed by atoms with Gasteiger partial charge in [-0.3, -0.25) is 9.36 Å². The maximum absolute atomic E-state index is 13.1. The van der Waals surface area contributed by atoms with Gasteiger partial charge >= 0.3 is 0 Å². The number of likely N-dealkylation sites (N-methyl/N-ethyl adjacent to an activating group) is 1. The number of hydrogen-bond acceptors (Lipinski definition) is 6. The summed E-state index contributed by atoms with van der Waals surface area (Å²) in [5.74, 6) is -0.151. The van der Waals surface area contributed by atoms with Gasteiger partial charge in [0.05, 0.1) is 39.9 Å². The van der Waals surface area contributed by atoms with E-state index in [-0.39, 0.29) is 19.1 Å². The van der Waals surface area contributed by atoms with Crippen LogP contribution in [-0.4, -0.2) is 68.5 Å². The Bertz CT molecular complexity index is 1460. The van der Waals surface area contributed by atoms with Crippen molar-refractivity contribution in [3.05, 3.63) is 0 Å². The zero-order valence-electron chi connectivity index (χ0n) is 63.6. The lowest BCUT2D eigenvalue weighted by atomic mass is 10.0. The summed E-state index contributed by atoms with van der Waals surface area (Å²) in [5, 5.41) is 14.2. The maximum atomic E-state index is 13.1. The number of quaternary nitrogens is 1. The average molecular weight is 1320 g/mol. The van der Waals surface area contributed by atoms with E-state index >= 15 is 0 Å². The van der Waals surface area contributed by atoms with Crippen molar-refractivity contribution in [3.8, 4) is 0 Å². The molecule has 92 heavy (non-hydrogen) atoms. The number of carbonyl (C=O) groups is 1. The van der Waals surface area contributed by atoms with Crippen LogP contribution in [0.4, 0.5) is 0 Å². The number of rotatable bonds is 81. The molecule has 8 nitrogen and oxygen atoms in total. The molecule has 0 aromatic heterocycles. The second kappa shape index (κ2) is 74.7. The highest BCUT2D eigenvalue weighted by Crippen LogP contribution is 2.38. The predicted octanol–water partition coefficient (Wildman–Crippen LogP) is 27.2. The number of nitrogens with zero attached hydrogens (tertiary/aromatic N) is 1. The number of nitrogens with one attached hydrogen (secondary N) is 1. The van der Waals surface area contributed by atoms with Crippen molar-refractivity contribution >= 4 is 13.7 Å². The van der Waals surface area contributed by atoms with E-state index in [9.17, 15) is 19.4 Å². The highest BCUT2D eigenvalue weighted by molar-refractivity contribution is 7.45. The number of aliphatic hydroxyl groups is 1. The van der Waals surface area contributed by atoms with E-state index in [0.29, 0.717) is 23.9 Å². The van der Waals surface area contributed by atoms with Crippen molar-refractivity contribution in [3.63, 3.8) is 0 Å². The van der Waals surface area contributed by atoms with Crippen LogP contribution in [0.25, 0.3) is 0 Å². The van der Waals surface area contributed by atoms with Gasteiger partial charge in [-0.05, 0) is 12.8 Å². The number of carbonyl (C=O) groups excluding carboxylic acids is 1. The molecule has 0 spiro atoms. The summed E-state index contributed by atoms with van der Waals surface area (Å²) in [5.41, 5.74) is 0. The standard InChI is InChI=1S/C83H169N2O6P/c1-6-8-10-12-14-16-18-20-22-24-26-28-30-32-34-36-38-39-40-41-42-43-44-45-46-47-49-51-53-55-57-59-61-63-65-67-69-71-73-75-77-83(87)84-81(80-91-92(88,89)90-79-78-85(3,4)5)82(86)76-74-72-70-68-66-64-62-60-58-56-54-52-50-48-37-35-33-31-29-27-25-23-21-19-17-15-13-11-9-7-2/h81-82,86H,6-80H2,1-5H3,(H-,84,87,88,89). The summed E-state index contributed by atoms with van der Waals surface area (Å²) in [7, 11) is 1.34. The molecule has 0 aromatic carbocycles. The van der Waals surface area contributed by atoms with E-state index in [2.05, 4.69) is 19.2 Å². The van der Waals surface area contributed by atoms with Crippen LogP contribution in [0.5, 0.6) is 0 Å². The van der Waals surface area contributed by atoms with Crippen LogP contribution in [0, 0.1) is 0 Å². The molecule has 1 amide bonds. The monoisotopic (exact) mass is 1320 g/mol. The summed E-state index contributed by atoms with van der Waals surface area (Å²) >= 11 is 0. The molecule has 0 heterocycles. The molecule has 0 rings (SSSR count). The summed E-state index contributed by atoms with van der Waals surface area (Å²) < 4.78 is 23.6. The van der Waals surface area contributed by atoms with Gasteiger partial charge in [-0.1, -0.05) is 457 Å². The van der Waals surface area contributed by atoms with Crippen LogP contribution < -0.4 is 10.2 Å². The molecule has 0 aliphatic heterocycles. The summed E-state index contributed by atoms with van der Waals surface area (Å²) in [4.78, 5) is 25.8. The summed E-state index contributed by atoms with van der Waals surface area (Å²) in [6.07, 6.45) is 96.9. The first kappa shape index (κ1) is 91.5. The van der Waals surface area contributed by atoms with E-state index < -0.39 is 20.0 Å². The Balaban J connectivity index is 3.84. The topological polar surface area (TPSA) is 108 Å². The highest BCUT2D eigenvalue weighted by Gasteiger charge is 2.24. The molecule has 0 radical (unpaired) electrons. The molecular formula is C83H169N2O6P. The molecule has 3 unspecified atom stereocenters. The van der Waals surface area contributed by atoms with Gasteiger partial charge in [-0.15, -0.1) is 0 Å². The normalized spacial score (nSPS) is 13.3. The third kappa shape index (κ3) is 76.9. The Morgan fingerprint density at radius 2 is 0.533 bits per heavy atom. The minimum absolute atomic E-state index is 0.0172. The minimum Gasteiger partial charge on any atom is -0.756 e. The molecule has 0 aliphatic rings. The van der Waals surface area contributed by atoms with Crippen molar-refractivity contribution in [1.82, 2.24) is 5.32 Å². The van der Waals surface area contributed by atoms with Crippen LogP contribution in [0.15, 0.2) is 0 Å². The molecule has 2 N–H and O–H groups in total. The van der Waals surface area contributed by atoms with Gasteiger partial charge in [0.1, 0.15) is 13.2 Å². The Hall–Kier alpha value is -0.500. The third-order valence-corrected chi connectivity index (χ3v) is 21.3. The van der Waals surface area contributed by atoms with Crippen molar-refractivity contribution in [2.45, 2.75) is 488 Å². The Morgan fingerprint density at radius 3 is 0.739 bits per heavy atom. The summed E-state index contributed by atoms with van der Waals surface area (Å²) in [6, 6.07) is -0.798.